The van der Waals surface area contributed by atoms with E-state index in [-0.39, 0.29) is 12.5 Å². The first-order valence-electron chi connectivity index (χ1n) is 10.0. The molecular weight excluding hydrogens is 300 g/mol. The van der Waals surface area contributed by atoms with E-state index in [0.29, 0.717) is 6.42 Å². The third-order valence-corrected chi connectivity index (χ3v) is 4.32. The van der Waals surface area contributed by atoms with Crippen LogP contribution in [0.25, 0.3) is 0 Å². The number of nitrogens with one attached hydrogen (secondary N) is 2. The van der Waals surface area contributed by atoms with Gasteiger partial charge in [-0.15, -0.1) is 0 Å². The Hall–Kier alpha value is -0.900. The summed E-state index contributed by atoms with van der Waals surface area (Å²) in [5.41, 5.74) is 4.99. The summed E-state index contributed by atoms with van der Waals surface area (Å²) in [7, 11) is 0. The van der Waals surface area contributed by atoms with E-state index in [2.05, 4.69) is 24.7 Å². The summed E-state index contributed by atoms with van der Waals surface area (Å²) < 4.78 is 0. The zero-order chi connectivity index (χ0) is 17.9. The molecule has 0 saturated heterocycles. The summed E-state index contributed by atoms with van der Waals surface area (Å²) in [4.78, 5) is 21.3. The van der Waals surface area contributed by atoms with Crippen LogP contribution >= 0.6 is 0 Å². The van der Waals surface area contributed by atoms with Crippen molar-refractivity contribution in [3.05, 3.63) is 0 Å². The van der Waals surface area contributed by atoms with Gasteiger partial charge in [-0.05, 0) is 12.3 Å². The molecule has 0 aliphatic carbocycles. The molecule has 0 aromatic rings. The maximum Gasteiger partial charge on any atom is 0.234 e. The van der Waals surface area contributed by atoms with Gasteiger partial charge in [0.2, 0.25) is 12.2 Å². The lowest BCUT2D eigenvalue weighted by atomic mass is 10.0. The minimum absolute atomic E-state index is 0.0429. The van der Waals surface area contributed by atoms with Crippen LogP contribution in [0.3, 0.4) is 0 Å². The van der Waals surface area contributed by atoms with E-state index in [1.807, 2.05) is 0 Å². The van der Waals surface area contributed by atoms with Gasteiger partial charge in [0, 0.05) is 6.42 Å². The monoisotopic (exact) mass is 339 g/mol. The molecule has 141 valence electrons. The number of unbranched alkanes of at least 4 members (excludes halogenated alkanes) is 11. The Kier molecular flexibility index (Phi) is 17.7. The second-order valence-electron chi connectivity index (χ2n) is 7.22. The van der Waals surface area contributed by atoms with Crippen LogP contribution < -0.4 is 10.9 Å². The molecule has 4 heteroatoms. The van der Waals surface area contributed by atoms with Gasteiger partial charge in [0.1, 0.15) is 0 Å². The Balaban J connectivity index is 3.10. The van der Waals surface area contributed by atoms with E-state index in [1.54, 1.807) is 6.29 Å². The average Bonchev–Trinajstić information content (AvgIpc) is 2.55. The maximum absolute atomic E-state index is 11.3. The van der Waals surface area contributed by atoms with Crippen LogP contribution in [0.5, 0.6) is 0 Å². The van der Waals surface area contributed by atoms with Gasteiger partial charge in [-0.25, -0.2) is 5.43 Å². The minimum Gasteiger partial charge on any atom is -0.291 e. The number of hydrazine groups is 1. The van der Waals surface area contributed by atoms with Crippen molar-refractivity contribution in [2.24, 2.45) is 5.92 Å². The zero-order valence-corrected chi connectivity index (χ0v) is 16.0. The smallest absolute Gasteiger partial charge is 0.234 e. The molecule has 0 atom stereocenters. The lowest BCUT2D eigenvalue weighted by Crippen LogP contribution is -2.38. The van der Waals surface area contributed by atoms with E-state index in [9.17, 15) is 9.59 Å². The topological polar surface area (TPSA) is 58.2 Å². The predicted octanol–water partition coefficient (Wildman–Crippen LogP) is 4.83. The Morgan fingerprint density at radius 2 is 1.25 bits per heavy atom. The average molecular weight is 340 g/mol. The van der Waals surface area contributed by atoms with Gasteiger partial charge in [0.15, 0.2) is 0 Å². The van der Waals surface area contributed by atoms with Crippen LogP contribution in [0.4, 0.5) is 0 Å². The molecule has 0 unspecified atom stereocenters. The van der Waals surface area contributed by atoms with Crippen molar-refractivity contribution < 1.29 is 9.59 Å². The quantitative estimate of drug-likeness (QED) is 0.278. The highest BCUT2D eigenvalue weighted by Gasteiger charge is 2.00. The standard InChI is InChI=1S/C20H39N2O2/c1-19(2)15-13-11-9-7-5-3-4-6-8-10-12-14-16-20(24)22-21-17-18-23/h19,21H,3-17H2,1-2H3,(H,22,24). The summed E-state index contributed by atoms with van der Waals surface area (Å²) in [6.45, 7) is 4.66. The first-order valence-corrected chi connectivity index (χ1v) is 10.0. The summed E-state index contributed by atoms with van der Waals surface area (Å²) in [6.07, 6.45) is 19.2. The van der Waals surface area contributed by atoms with Crippen molar-refractivity contribution in [1.82, 2.24) is 10.9 Å². The zero-order valence-electron chi connectivity index (χ0n) is 16.0. The fourth-order valence-electron chi connectivity index (χ4n) is 2.85. The van der Waals surface area contributed by atoms with Gasteiger partial charge in [-0.3, -0.25) is 15.0 Å². The van der Waals surface area contributed by atoms with E-state index in [4.69, 9.17) is 0 Å². The van der Waals surface area contributed by atoms with Gasteiger partial charge in [-0.1, -0.05) is 90.9 Å². The summed E-state index contributed by atoms with van der Waals surface area (Å²) in [5.74, 6) is 0.816. The first kappa shape index (κ1) is 23.1. The number of rotatable bonds is 18. The van der Waals surface area contributed by atoms with Crippen LogP contribution in [0.1, 0.15) is 104 Å². The lowest BCUT2D eigenvalue weighted by Gasteiger charge is -2.05. The molecule has 1 amide bonds. The number of hydrogen-bond acceptors (Lipinski definition) is 3. The maximum atomic E-state index is 11.3. The highest BCUT2D eigenvalue weighted by Crippen LogP contribution is 2.14. The molecule has 2 N–H and O–H groups in total. The molecule has 0 aliphatic heterocycles. The van der Waals surface area contributed by atoms with E-state index >= 15 is 0 Å². The van der Waals surface area contributed by atoms with Crippen LogP contribution in [0.2, 0.25) is 0 Å². The van der Waals surface area contributed by atoms with Crippen LogP contribution in [0, 0.1) is 5.92 Å². The van der Waals surface area contributed by atoms with Crippen molar-refractivity contribution in [1.29, 1.82) is 0 Å². The fraction of sp³-hybridized carbons (Fsp3) is 0.900. The Morgan fingerprint density at radius 3 is 1.71 bits per heavy atom. The third kappa shape index (κ3) is 19.1. The number of amides is 1. The van der Waals surface area contributed by atoms with Gasteiger partial charge >= 0.3 is 0 Å². The SMILES string of the molecule is CC(C)CCCCCCCCCCCCCCC(=O)NNC[C]=O. The molecule has 4 nitrogen and oxygen atoms in total. The molecule has 0 aromatic heterocycles. The molecule has 24 heavy (non-hydrogen) atoms. The molecule has 0 spiro atoms. The van der Waals surface area contributed by atoms with Gasteiger partial charge in [0.25, 0.3) is 0 Å². The molecule has 0 heterocycles. The van der Waals surface area contributed by atoms with Gasteiger partial charge in [-0.2, -0.15) is 0 Å². The summed E-state index contributed by atoms with van der Waals surface area (Å²) >= 11 is 0. The number of hydrogen-bond donors (Lipinski definition) is 2. The van der Waals surface area contributed by atoms with Crippen molar-refractivity contribution in [2.45, 2.75) is 104 Å². The van der Waals surface area contributed by atoms with E-state index in [0.717, 1.165) is 18.8 Å². The van der Waals surface area contributed by atoms with Crippen LogP contribution in [-0.2, 0) is 9.59 Å². The lowest BCUT2D eigenvalue weighted by molar-refractivity contribution is -0.122. The van der Waals surface area contributed by atoms with Gasteiger partial charge < -0.3 is 0 Å². The molecule has 0 aliphatic rings. The van der Waals surface area contributed by atoms with Crippen LogP contribution in [-0.4, -0.2) is 18.7 Å². The van der Waals surface area contributed by atoms with E-state index in [1.165, 1.54) is 70.6 Å². The highest BCUT2D eigenvalue weighted by molar-refractivity contribution is 5.75. The predicted molar refractivity (Wildman–Crippen MR) is 101 cm³/mol. The Bertz CT molecular complexity index is 293. The largest absolute Gasteiger partial charge is 0.291 e. The highest BCUT2D eigenvalue weighted by atomic mass is 16.2. The number of carbonyl (C=O) groups is 1. The molecule has 0 bridgehead atoms. The molecule has 0 rings (SSSR count). The second-order valence-corrected chi connectivity index (χ2v) is 7.22. The first-order chi connectivity index (χ1) is 11.7. The van der Waals surface area contributed by atoms with Crippen LogP contribution in [0.15, 0.2) is 0 Å². The van der Waals surface area contributed by atoms with Crippen molar-refractivity contribution >= 4 is 12.2 Å². The molecule has 0 saturated carbocycles. The fourth-order valence-corrected chi connectivity index (χ4v) is 2.85. The van der Waals surface area contributed by atoms with Crippen molar-refractivity contribution in [3.8, 4) is 0 Å². The third-order valence-electron chi connectivity index (χ3n) is 4.32. The van der Waals surface area contributed by atoms with Gasteiger partial charge in [0.05, 0.1) is 6.54 Å². The number of carbonyl (C=O) groups excluding carboxylic acids is 2. The molecular formula is C20H39N2O2. The van der Waals surface area contributed by atoms with Crippen molar-refractivity contribution in [2.75, 3.05) is 6.54 Å². The van der Waals surface area contributed by atoms with E-state index < -0.39 is 0 Å². The minimum atomic E-state index is -0.0429. The molecule has 0 fully saturated rings. The normalized spacial score (nSPS) is 11.0. The second kappa shape index (κ2) is 18.4. The summed E-state index contributed by atoms with van der Waals surface area (Å²) in [5, 5.41) is 0. The molecule has 1 radical (unpaired) electrons. The Labute approximate surface area is 149 Å². The summed E-state index contributed by atoms with van der Waals surface area (Å²) in [6, 6.07) is 0. The molecule has 0 aromatic carbocycles. The van der Waals surface area contributed by atoms with Crippen molar-refractivity contribution in [3.63, 3.8) is 0 Å². The Morgan fingerprint density at radius 1 is 0.792 bits per heavy atom.